The van der Waals surface area contributed by atoms with Crippen LogP contribution in [0.25, 0.3) is 0 Å². The fourth-order valence-corrected chi connectivity index (χ4v) is 0.774. The van der Waals surface area contributed by atoms with Crippen LogP contribution in [0.1, 0.15) is 13.3 Å². The van der Waals surface area contributed by atoms with Gasteiger partial charge in [-0.2, -0.15) is 0 Å². The largest absolute Gasteiger partial charge is 0.366 e. The van der Waals surface area contributed by atoms with Gasteiger partial charge in [0.25, 0.3) is 0 Å². The van der Waals surface area contributed by atoms with Crippen molar-refractivity contribution in [2.24, 2.45) is 5.73 Å². The van der Waals surface area contributed by atoms with Crippen LogP contribution in [0.3, 0.4) is 0 Å². The second kappa shape index (κ2) is 3.45. The smallest absolute Gasteiger partial charge is 0.243 e. The van der Waals surface area contributed by atoms with E-state index in [0.717, 1.165) is 16.7 Å². The Morgan fingerprint density at radius 1 is 1.89 bits per heavy atom. The van der Waals surface area contributed by atoms with E-state index in [-0.39, 0.29) is 5.91 Å². The van der Waals surface area contributed by atoms with Crippen molar-refractivity contribution in [1.29, 1.82) is 0 Å². The fraction of sp³-hybridized carbons (Fsp3) is 0.500. The molecule has 0 saturated heterocycles. The Balaban J connectivity index is 3.88. The van der Waals surface area contributed by atoms with Crippen molar-refractivity contribution >= 4 is 16.1 Å². The number of primary amides is 1. The third-order valence-electron chi connectivity index (χ3n) is 1.52. The van der Waals surface area contributed by atoms with Gasteiger partial charge in [-0.3, -0.25) is 4.79 Å². The summed E-state index contributed by atoms with van der Waals surface area (Å²) in [4.78, 5) is 10.4. The number of rotatable bonds is 3. The lowest BCUT2D eigenvalue weighted by atomic mass is 10.1. The molecule has 0 aromatic rings. The second-order valence-corrected chi connectivity index (χ2v) is 3.59. The molecule has 2 N–H and O–H groups in total. The predicted molar refractivity (Wildman–Crippen MR) is 42.3 cm³/mol. The molecule has 1 atom stereocenters. The number of carbonyl (C=O) groups excluding carboxylic acids is 1. The zero-order valence-corrected chi connectivity index (χ0v) is 7.98. The highest BCUT2D eigenvalue weighted by Crippen LogP contribution is 2.13. The Labute approximate surface area is 58.5 Å². The van der Waals surface area contributed by atoms with Gasteiger partial charge in [-0.1, -0.05) is 19.9 Å². The maximum Gasteiger partial charge on any atom is 0.243 e. The van der Waals surface area contributed by atoms with E-state index in [4.69, 9.17) is 5.73 Å². The molecular weight excluding hydrogens is 130 g/mol. The standard InChI is InChI=1S/C6H13NOSi/c1-3-5(9)4(2)6(7)8/h5H,2-3H2,1,9H3,(H2,7,8). The Morgan fingerprint density at radius 3 is 2.44 bits per heavy atom. The third-order valence-corrected chi connectivity index (χ3v) is 3.04. The number of hydrogen-bond acceptors (Lipinski definition) is 1. The van der Waals surface area contributed by atoms with Crippen LogP contribution in [0.5, 0.6) is 0 Å². The summed E-state index contributed by atoms with van der Waals surface area (Å²) in [5.41, 5.74) is 5.95. The summed E-state index contributed by atoms with van der Waals surface area (Å²) in [6.07, 6.45) is 0.980. The maximum atomic E-state index is 10.4. The van der Waals surface area contributed by atoms with Crippen LogP contribution in [-0.2, 0) is 4.79 Å². The van der Waals surface area contributed by atoms with Crippen molar-refractivity contribution < 1.29 is 4.79 Å². The van der Waals surface area contributed by atoms with Crippen LogP contribution in [-0.4, -0.2) is 16.1 Å². The molecule has 0 aromatic carbocycles. The molecule has 9 heavy (non-hydrogen) atoms. The Morgan fingerprint density at radius 2 is 2.33 bits per heavy atom. The summed E-state index contributed by atoms with van der Waals surface area (Å²) in [6, 6.07) is 0. The first-order valence-electron chi connectivity index (χ1n) is 3.08. The first-order valence-corrected chi connectivity index (χ1v) is 4.23. The van der Waals surface area contributed by atoms with E-state index in [9.17, 15) is 4.79 Å². The topological polar surface area (TPSA) is 43.1 Å². The zero-order valence-electron chi connectivity index (χ0n) is 5.98. The van der Waals surface area contributed by atoms with E-state index >= 15 is 0 Å². The molecule has 0 aliphatic carbocycles. The molecule has 0 saturated carbocycles. The first-order chi connectivity index (χ1) is 4.09. The Bertz CT molecular complexity index is 133. The average molecular weight is 143 g/mol. The molecule has 3 heteroatoms. The van der Waals surface area contributed by atoms with E-state index in [0.29, 0.717) is 11.1 Å². The van der Waals surface area contributed by atoms with Crippen molar-refractivity contribution in [3.8, 4) is 0 Å². The van der Waals surface area contributed by atoms with Gasteiger partial charge >= 0.3 is 0 Å². The van der Waals surface area contributed by atoms with E-state index in [1.165, 1.54) is 0 Å². The van der Waals surface area contributed by atoms with Gasteiger partial charge in [-0.25, -0.2) is 0 Å². The van der Waals surface area contributed by atoms with Gasteiger partial charge in [0.2, 0.25) is 5.91 Å². The highest BCUT2D eigenvalue weighted by molar-refractivity contribution is 6.17. The van der Waals surface area contributed by atoms with E-state index in [1.807, 2.05) is 6.92 Å². The average Bonchev–Trinajstić information content (AvgIpc) is 1.84. The number of hydrogen-bond donors (Lipinski definition) is 1. The molecule has 52 valence electrons. The Kier molecular flexibility index (Phi) is 3.23. The molecule has 2 nitrogen and oxygen atoms in total. The molecule has 0 aliphatic heterocycles. The van der Waals surface area contributed by atoms with Gasteiger partial charge in [-0.05, 0) is 5.54 Å². The van der Waals surface area contributed by atoms with Crippen LogP contribution in [0.15, 0.2) is 12.2 Å². The lowest BCUT2D eigenvalue weighted by Gasteiger charge is -2.06. The van der Waals surface area contributed by atoms with Crippen molar-refractivity contribution in [3.63, 3.8) is 0 Å². The SMILES string of the molecule is C=C(C(N)=O)C([SiH3])CC. The van der Waals surface area contributed by atoms with Gasteiger partial charge in [0.05, 0.1) is 0 Å². The lowest BCUT2D eigenvalue weighted by molar-refractivity contribution is -0.114. The molecule has 0 rings (SSSR count). The van der Waals surface area contributed by atoms with Crippen molar-refractivity contribution in [1.82, 2.24) is 0 Å². The molecule has 0 fully saturated rings. The molecule has 0 aliphatic rings. The molecule has 1 amide bonds. The van der Waals surface area contributed by atoms with Crippen molar-refractivity contribution in [3.05, 3.63) is 12.2 Å². The summed E-state index contributed by atoms with van der Waals surface area (Å²) >= 11 is 0. The highest BCUT2D eigenvalue weighted by atomic mass is 28.1. The molecule has 0 spiro atoms. The summed E-state index contributed by atoms with van der Waals surface area (Å²) in [6.45, 7) is 5.62. The molecule has 1 unspecified atom stereocenters. The minimum atomic E-state index is -0.350. The minimum Gasteiger partial charge on any atom is -0.366 e. The highest BCUT2D eigenvalue weighted by Gasteiger charge is 2.07. The molecule has 0 heterocycles. The first kappa shape index (κ1) is 8.43. The number of amides is 1. The van der Waals surface area contributed by atoms with Gasteiger partial charge < -0.3 is 5.73 Å². The normalized spacial score (nSPS) is 13.0. The number of nitrogens with two attached hydrogens (primary N) is 1. The van der Waals surface area contributed by atoms with Crippen LogP contribution < -0.4 is 5.73 Å². The van der Waals surface area contributed by atoms with Crippen molar-refractivity contribution in [2.75, 3.05) is 0 Å². The van der Waals surface area contributed by atoms with Crippen molar-refractivity contribution in [2.45, 2.75) is 18.9 Å². The summed E-state index contributed by atoms with van der Waals surface area (Å²) in [7, 11) is 0.971. The quantitative estimate of drug-likeness (QED) is 0.423. The van der Waals surface area contributed by atoms with Gasteiger partial charge in [0.1, 0.15) is 0 Å². The minimum absolute atomic E-state index is 0.350. The summed E-state index contributed by atoms with van der Waals surface area (Å²) < 4.78 is 0. The van der Waals surface area contributed by atoms with E-state index in [2.05, 4.69) is 6.58 Å². The Hall–Kier alpha value is -0.573. The molecular formula is C6H13NOSi. The monoisotopic (exact) mass is 143 g/mol. The van der Waals surface area contributed by atoms with Crippen LogP contribution in [0, 0.1) is 0 Å². The fourth-order valence-electron chi connectivity index (χ4n) is 0.489. The van der Waals surface area contributed by atoms with Gasteiger partial charge in [0, 0.05) is 15.8 Å². The lowest BCUT2D eigenvalue weighted by Crippen LogP contribution is -2.16. The molecule has 0 aromatic heterocycles. The van der Waals surface area contributed by atoms with Gasteiger partial charge in [-0.15, -0.1) is 0 Å². The predicted octanol–water partition coefficient (Wildman–Crippen LogP) is -0.408. The summed E-state index contributed by atoms with van der Waals surface area (Å²) in [5, 5.41) is 0. The second-order valence-electron chi connectivity index (χ2n) is 2.20. The zero-order chi connectivity index (χ0) is 7.44. The maximum absolute atomic E-state index is 10.4. The number of carbonyl (C=O) groups is 1. The van der Waals surface area contributed by atoms with E-state index < -0.39 is 0 Å². The van der Waals surface area contributed by atoms with Gasteiger partial charge in [0.15, 0.2) is 0 Å². The van der Waals surface area contributed by atoms with E-state index in [1.54, 1.807) is 0 Å². The van der Waals surface area contributed by atoms with Crippen LogP contribution in [0.4, 0.5) is 0 Å². The molecule has 0 radical (unpaired) electrons. The van der Waals surface area contributed by atoms with Crippen LogP contribution in [0.2, 0.25) is 5.54 Å². The van der Waals surface area contributed by atoms with Crippen LogP contribution >= 0.6 is 0 Å². The summed E-state index contributed by atoms with van der Waals surface area (Å²) in [5.74, 6) is -0.350. The molecule has 0 bridgehead atoms. The third kappa shape index (κ3) is 2.46.